The molecule has 3 aliphatic rings. The van der Waals surface area contributed by atoms with Crippen molar-refractivity contribution >= 4 is 45.8 Å². The third-order valence-electron chi connectivity index (χ3n) is 7.09. The molecule has 0 aromatic heterocycles. The minimum absolute atomic E-state index is 0.0396. The van der Waals surface area contributed by atoms with Gasteiger partial charge in [-0.1, -0.05) is 0 Å². The number of carbonyl (C=O) groups excluding carboxylic acids is 3. The van der Waals surface area contributed by atoms with Crippen LogP contribution < -0.4 is 5.73 Å². The van der Waals surface area contributed by atoms with Gasteiger partial charge < -0.3 is 36.4 Å². The number of hydrogen-bond acceptors (Lipinski definition) is 10. The highest BCUT2D eigenvalue weighted by atomic mass is 127. The van der Waals surface area contributed by atoms with Gasteiger partial charge >= 0.3 is 0 Å². The number of benzene rings is 1. The van der Waals surface area contributed by atoms with Gasteiger partial charge in [0.05, 0.1) is 40.7 Å². The lowest BCUT2D eigenvalue weighted by Gasteiger charge is -2.55. The van der Waals surface area contributed by atoms with Crippen LogP contribution in [-0.2, 0) is 20.0 Å². The molecular weight excluding hydrogens is 563 g/mol. The van der Waals surface area contributed by atoms with E-state index in [1.807, 2.05) is 22.6 Å². The molecule has 34 heavy (non-hydrogen) atoms. The molecule has 0 spiro atoms. The minimum Gasteiger partial charge on any atom is -0.508 e. The van der Waals surface area contributed by atoms with Gasteiger partial charge in [-0.05, 0) is 55.7 Å². The first-order valence-corrected chi connectivity index (χ1v) is 11.3. The number of hydrogen-bond donors (Lipinski definition) is 7. The molecule has 3 aliphatic carbocycles. The first kappa shape index (κ1) is 24.6. The van der Waals surface area contributed by atoms with Crippen LogP contribution in [0, 0.1) is 15.4 Å². The van der Waals surface area contributed by atoms with Crippen molar-refractivity contribution in [2.75, 3.05) is 14.1 Å². The lowest BCUT2D eigenvalue weighted by atomic mass is 9.53. The predicted molar refractivity (Wildman–Crippen MR) is 124 cm³/mol. The van der Waals surface area contributed by atoms with Gasteiger partial charge in [0.25, 0.3) is 5.91 Å². The fourth-order valence-corrected chi connectivity index (χ4v) is 6.67. The molecule has 4 rings (SSSR count). The zero-order valence-corrected chi connectivity index (χ0v) is 20.4. The summed E-state index contributed by atoms with van der Waals surface area (Å²) >= 11 is 1.86. The van der Waals surface area contributed by atoms with Crippen LogP contribution in [0.5, 0.6) is 5.75 Å². The first-order chi connectivity index (χ1) is 15.6. The number of amides is 1. The Bertz CT molecular complexity index is 1230. The Morgan fingerprint density at radius 2 is 1.74 bits per heavy atom. The van der Waals surface area contributed by atoms with Crippen LogP contribution in [0.4, 0.5) is 0 Å². The summed E-state index contributed by atoms with van der Waals surface area (Å²) in [6.07, 6.45) is -1.88. The number of rotatable bonds is 2. The topological polar surface area (TPSA) is 202 Å². The quantitative estimate of drug-likeness (QED) is 0.170. The van der Waals surface area contributed by atoms with E-state index in [9.17, 15) is 45.0 Å². The lowest BCUT2D eigenvalue weighted by Crippen LogP contribution is -2.71. The monoisotopic (exact) mass is 586 g/mol. The molecule has 0 radical (unpaired) electrons. The van der Waals surface area contributed by atoms with Gasteiger partial charge in [-0.2, -0.15) is 0 Å². The summed E-state index contributed by atoms with van der Waals surface area (Å²) in [5, 5.41) is 66.9. The van der Waals surface area contributed by atoms with E-state index in [1.165, 1.54) is 38.1 Å². The zero-order valence-electron chi connectivity index (χ0n) is 18.3. The number of aliphatic hydroxyl groups excluding tert-OH is 3. The molecule has 1 unspecified atom stereocenters. The van der Waals surface area contributed by atoms with Crippen LogP contribution in [-0.4, -0.2) is 84.9 Å². The molecule has 1 aromatic carbocycles. The molecule has 1 fully saturated rings. The molecule has 0 bridgehead atoms. The Morgan fingerprint density at radius 1 is 1.15 bits per heavy atom. The van der Waals surface area contributed by atoms with E-state index >= 15 is 0 Å². The van der Waals surface area contributed by atoms with E-state index in [2.05, 4.69) is 0 Å². The summed E-state index contributed by atoms with van der Waals surface area (Å²) in [6, 6.07) is 1.21. The fraction of sp³-hybridized carbons (Fsp3) is 0.409. The predicted octanol–water partition coefficient (Wildman–Crippen LogP) is -0.796. The maximum absolute atomic E-state index is 13.8. The molecule has 0 heterocycles. The van der Waals surface area contributed by atoms with Crippen LogP contribution in [0.1, 0.15) is 18.1 Å². The number of primary amides is 1. The zero-order chi connectivity index (χ0) is 25.7. The summed E-state index contributed by atoms with van der Waals surface area (Å²) in [5.41, 5.74) is -1.74. The fourth-order valence-electron chi connectivity index (χ4n) is 5.68. The molecule has 182 valence electrons. The van der Waals surface area contributed by atoms with Crippen LogP contribution in [0.2, 0.25) is 0 Å². The number of likely N-dealkylation sites (N-methyl/N-ethyl adjacent to an activating group) is 1. The third kappa shape index (κ3) is 2.80. The number of aromatic hydroxyl groups is 1. The number of aliphatic hydroxyl groups is 5. The average Bonchev–Trinajstić information content (AvgIpc) is 2.72. The van der Waals surface area contributed by atoms with Crippen LogP contribution in [0.15, 0.2) is 29.0 Å². The van der Waals surface area contributed by atoms with Crippen molar-refractivity contribution < 1.29 is 45.0 Å². The first-order valence-electron chi connectivity index (χ1n) is 10.2. The Balaban J connectivity index is 2.13. The number of phenolic OH excluding ortho intramolecular Hbond substituents is 1. The smallest absolute Gasteiger partial charge is 0.255 e. The second-order valence-corrected chi connectivity index (χ2v) is 10.3. The molecule has 1 saturated carbocycles. The number of Topliss-reactive ketones (excluding diaryl/α,β-unsaturated/α-hetero) is 2. The normalized spacial score (nSPS) is 35.3. The molecule has 1 aromatic rings. The van der Waals surface area contributed by atoms with Crippen molar-refractivity contribution in [2.45, 2.75) is 30.3 Å². The summed E-state index contributed by atoms with van der Waals surface area (Å²) < 4.78 is 0.407. The highest BCUT2D eigenvalue weighted by Gasteiger charge is 2.70. The van der Waals surface area contributed by atoms with Gasteiger partial charge in [0.15, 0.2) is 11.4 Å². The van der Waals surface area contributed by atoms with Crippen molar-refractivity contribution in [2.24, 2.45) is 17.6 Å². The Labute approximate surface area is 206 Å². The second-order valence-electron chi connectivity index (χ2n) is 9.18. The van der Waals surface area contributed by atoms with E-state index in [1.54, 1.807) is 0 Å². The Kier molecular flexibility index (Phi) is 5.42. The number of halogens is 1. The maximum Gasteiger partial charge on any atom is 0.255 e. The van der Waals surface area contributed by atoms with Gasteiger partial charge in [-0.25, -0.2) is 0 Å². The van der Waals surface area contributed by atoms with Gasteiger partial charge in [0.1, 0.15) is 22.8 Å². The largest absolute Gasteiger partial charge is 0.508 e. The third-order valence-corrected chi connectivity index (χ3v) is 7.98. The molecular formula is C22H23IN2O9. The standard InChI is InChI=1S/C22H23IN2O9/c1-21(33)11-6(23)4-5-7(26)8(11)15(27)9-12(21)17(29)13-14(25(2)3)16(28)10(20(24)32)19(31)22(13,34)18(9)30/h4-5,12-14,17,26-27,29,31,33-34H,1-3H3,(H2,24,32)/t12?,13-,14+,17+,21-,22+/m1/s1. The Morgan fingerprint density at radius 3 is 2.26 bits per heavy atom. The maximum atomic E-state index is 13.8. The molecule has 0 saturated heterocycles. The molecule has 12 heteroatoms. The van der Waals surface area contributed by atoms with E-state index in [0.717, 1.165) is 0 Å². The Hall–Kier alpha value is -2.52. The van der Waals surface area contributed by atoms with Crippen molar-refractivity contribution in [3.05, 3.63) is 43.7 Å². The van der Waals surface area contributed by atoms with E-state index in [-0.39, 0.29) is 11.1 Å². The number of fused-ring (bicyclic) bond motifs is 3. The number of ketones is 2. The van der Waals surface area contributed by atoms with Gasteiger partial charge in [0.2, 0.25) is 5.78 Å². The van der Waals surface area contributed by atoms with Crippen molar-refractivity contribution in [3.63, 3.8) is 0 Å². The number of nitrogens with zero attached hydrogens (tertiary/aromatic N) is 1. The average molecular weight is 586 g/mol. The van der Waals surface area contributed by atoms with Crippen LogP contribution in [0.3, 0.4) is 0 Å². The summed E-state index contributed by atoms with van der Waals surface area (Å²) in [4.78, 5) is 40.1. The molecule has 6 atom stereocenters. The van der Waals surface area contributed by atoms with Gasteiger partial charge in [0, 0.05) is 9.13 Å². The number of nitrogens with two attached hydrogens (primary N) is 1. The van der Waals surface area contributed by atoms with Crippen molar-refractivity contribution in [1.29, 1.82) is 0 Å². The van der Waals surface area contributed by atoms with Crippen LogP contribution >= 0.6 is 22.6 Å². The van der Waals surface area contributed by atoms with Gasteiger partial charge in [-0.15, -0.1) is 0 Å². The van der Waals surface area contributed by atoms with Crippen molar-refractivity contribution in [1.82, 2.24) is 4.90 Å². The van der Waals surface area contributed by atoms with Gasteiger partial charge in [-0.3, -0.25) is 19.3 Å². The summed E-state index contributed by atoms with van der Waals surface area (Å²) in [6.45, 7) is 1.27. The molecule has 8 N–H and O–H groups in total. The van der Waals surface area contributed by atoms with Crippen LogP contribution in [0.25, 0.3) is 5.76 Å². The number of carbonyl (C=O) groups is 3. The molecule has 1 amide bonds. The van der Waals surface area contributed by atoms with E-state index < -0.39 is 81.1 Å². The lowest BCUT2D eigenvalue weighted by molar-refractivity contribution is -0.181. The summed E-state index contributed by atoms with van der Waals surface area (Å²) in [7, 11) is 2.80. The van der Waals surface area contributed by atoms with E-state index in [4.69, 9.17) is 5.73 Å². The SMILES string of the molecule is CN(C)[C@@H]1C(=O)C(C(N)=O)=C(O)[C@@]2(O)C(=O)C3=C(O)c4c(O)ccc(I)c4[C@@](C)(O)C3[C@H](O)[C@@H]12. The highest BCUT2D eigenvalue weighted by molar-refractivity contribution is 14.1. The highest BCUT2D eigenvalue weighted by Crippen LogP contribution is 2.57. The van der Waals surface area contributed by atoms with E-state index in [0.29, 0.717) is 3.57 Å². The van der Waals surface area contributed by atoms with Crippen molar-refractivity contribution in [3.8, 4) is 5.75 Å². The molecule has 11 nitrogen and oxygen atoms in total. The minimum atomic E-state index is -3.03. The molecule has 0 aliphatic heterocycles. The number of phenols is 1. The second kappa shape index (κ2) is 7.49. The summed E-state index contributed by atoms with van der Waals surface area (Å²) in [5.74, 6) is -9.68.